The molecule has 0 radical (unpaired) electrons. The predicted molar refractivity (Wildman–Crippen MR) is 132 cm³/mol. The molecule has 0 bridgehead atoms. The summed E-state index contributed by atoms with van der Waals surface area (Å²) in [6, 6.07) is 18.6. The van der Waals surface area contributed by atoms with E-state index < -0.39 is 17.7 Å². The lowest BCUT2D eigenvalue weighted by molar-refractivity contribution is -0.137. The number of alkyl halides is 3. The van der Waals surface area contributed by atoms with Crippen LogP contribution in [0.1, 0.15) is 30.4 Å². The first kappa shape index (κ1) is 23.5. The van der Waals surface area contributed by atoms with Crippen LogP contribution in [0.4, 0.5) is 13.2 Å². The lowest BCUT2D eigenvalue weighted by atomic mass is 9.98. The Balaban J connectivity index is 1.39. The lowest BCUT2D eigenvalue weighted by Gasteiger charge is -2.11. The normalized spacial score (nSPS) is 15.3. The minimum absolute atomic E-state index is 0.396. The number of hydrogen-bond donors (Lipinski definition) is 1. The number of carbonyl (C=O) groups is 1. The van der Waals surface area contributed by atoms with Crippen molar-refractivity contribution in [2.24, 2.45) is 4.99 Å². The molecular weight excluding hydrogens is 467 g/mol. The quantitative estimate of drug-likeness (QED) is 0.334. The Morgan fingerprint density at radius 1 is 1.00 bits per heavy atom. The van der Waals surface area contributed by atoms with E-state index >= 15 is 0 Å². The molecule has 5 rings (SSSR count). The molecule has 8 heteroatoms. The molecule has 4 aromatic rings. The van der Waals surface area contributed by atoms with Gasteiger partial charge in [-0.1, -0.05) is 30.3 Å². The summed E-state index contributed by atoms with van der Waals surface area (Å²) in [6.45, 7) is 0.434. The van der Waals surface area contributed by atoms with Crippen molar-refractivity contribution in [3.63, 3.8) is 0 Å². The monoisotopic (exact) mass is 489 g/mol. The number of hydrogen-bond acceptors (Lipinski definition) is 3. The summed E-state index contributed by atoms with van der Waals surface area (Å²) in [6.07, 6.45) is 1.16. The fourth-order valence-electron chi connectivity index (χ4n) is 4.35. The molecule has 0 aliphatic heterocycles. The van der Waals surface area contributed by atoms with Gasteiger partial charge in [-0.15, -0.1) is 0 Å². The van der Waals surface area contributed by atoms with Gasteiger partial charge in [-0.2, -0.15) is 18.3 Å². The van der Waals surface area contributed by atoms with E-state index in [4.69, 9.17) is 0 Å². The van der Waals surface area contributed by atoms with Crippen molar-refractivity contribution in [3.05, 3.63) is 95.7 Å². The van der Waals surface area contributed by atoms with Crippen LogP contribution in [0.2, 0.25) is 0 Å². The predicted octanol–water partition coefficient (Wildman–Crippen LogP) is 6.85. The van der Waals surface area contributed by atoms with Gasteiger partial charge in [-0.25, -0.2) is 9.48 Å². The van der Waals surface area contributed by atoms with Gasteiger partial charge in [0.2, 0.25) is 0 Å². The molecule has 1 aromatic heterocycles. The van der Waals surface area contributed by atoms with E-state index in [2.05, 4.69) is 10.1 Å². The van der Waals surface area contributed by atoms with Crippen LogP contribution in [0.15, 0.2) is 89.6 Å². The molecule has 3 aromatic carbocycles. The maximum Gasteiger partial charge on any atom is 0.416 e. The number of aromatic nitrogens is 2. The molecule has 1 heterocycles. The minimum Gasteiger partial charge on any atom is -0.478 e. The highest BCUT2D eigenvalue weighted by Gasteiger charge is 2.30. The first-order valence-electron chi connectivity index (χ1n) is 11.5. The standard InChI is InChI=1S/C28H22F3N3O2/c29-28(30,31)23-10-7-19(8-11-23)20-9-12-26-22(14-20)17-33-34(26)25-6-1-3-18(13-25)16-32-24-5-2-4-21(15-24)27(35)36/h1,3,6-15,17H,2,4-5,16H2,(H,35,36). The maximum absolute atomic E-state index is 12.9. The van der Waals surface area contributed by atoms with Crippen molar-refractivity contribution in [2.45, 2.75) is 32.0 Å². The molecule has 0 saturated carbocycles. The van der Waals surface area contributed by atoms with Gasteiger partial charge in [0.05, 0.1) is 29.5 Å². The van der Waals surface area contributed by atoms with Gasteiger partial charge < -0.3 is 5.11 Å². The number of benzene rings is 3. The Morgan fingerprint density at radius 3 is 2.53 bits per heavy atom. The number of allylic oxidation sites excluding steroid dienone is 1. The Morgan fingerprint density at radius 2 is 1.78 bits per heavy atom. The molecule has 0 spiro atoms. The molecule has 1 aliphatic rings. The van der Waals surface area contributed by atoms with Crippen LogP contribution in [-0.4, -0.2) is 26.6 Å². The third-order valence-corrected chi connectivity index (χ3v) is 6.23. The summed E-state index contributed by atoms with van der Waals surface area (Å²) in [5.41, 5.74) is 4.72. The van der Waals surface area contributed by atoms with Crippen molar-refractivity contribution >= 4 is 22.6 Å². The second-order valence-corrected chi connectivity index (χ2v) is 8.71. The fourth-order valence-corrected chi connectivity index (χ4v) is 4.35. The number of nitrogens with zero attached hydrogens (tertiary/aromatic N) is 3. The van der Waals surface area contributed by atoms with Crippen LogP contribution < -0.4 is 0 Å². The van der Waals surface area contributed by atoms with Crippen LogP contribution >= 0.6 is 0 Å². The van der Waals surface area contributed by atoms with Crippen molar-refractivity contribution in [1.29, 1.82) is 0 Å². The highest BCUT2D eigenvalue weighted by atomic mass is 19.4. The molecule has 182 valence electrons. The summed E-state index contributed by atoms with van der Waals surface area (Å²) in [4.78, 5) is 15.8. The topological polar surface area (TPSA) is 67.5 Å². The molecule has 0 fully saturated rings. The summed E-state index contributed by atoms with van der Waals surface area (Å²) >= 11 is 0. The third kappa shape index (κ3) is 4.93. The Kier molecular flexibility index (Phi) is 6.18. The largest absolute Gasteiger partial charge is 0.478 e. The van der Waals surface area contributed by atoms with Gasteiger partial charge in [0.1, 0.15) is 0 Å². The average molecular weight is 489 g/mol. The molecule has 0 atom stereocenters. The molecule has 5 nitrogen and oxygen atoms in total. The van der Waals surface area contributed by atoms with Crippen molar-refractivity contribution in [3.8, 4) is 16.8 Å². The number of rotatable bonds is 5. The number of carboxylic acids is 1. The minimum atomic E-state index is -4.36. The first-order chi connectivity index (χ1) is 17.3. The number of carboxylic acid groups (broad SMARTS) is 1. The van der Waals surface area contributed by atoms with Gasteiger partial charge in [0.15, 0.2) is 0 Å². The Bertz CT molecular complexity index is 1500. The second kappa shape index (κ2) is 9.45. The van der Waals surface area contributed by atoms with E-state index in [-0.39, 0.29) is 0 Å². The van der Waals surface area contributed by atoms with Crippen LogP contribution in [0.25, 0.3) is 27.7 Å². The Hall–Kier alpha value is -4.20. The van der Waals surface area contributed by atoms with Crippen LogP contribution in [-0.2, 0) is 17.5 Å². The van der Waals surface area contributed by atoms with Gasteiger partial charge in [0.25, 0.3) is 0 Å². The maximum atomic E-state index is 12.9. The van der Waals surface area contributed by atoms with E-state index in [0.29, 0.717) is 24.1 Å². The van der Waals surface area contributed by atoms with E-state index in [1.54, 1.807) is 12.3 Å². The zero-order valence-electron chi connectivity index (χ0n) is 19.2. The van der Waals surface area contributed by atoms with E-state index in [1.165, 1.54) is 12.1 Å². The number of aliphatic imine (C=N–C) groups is 1. The molecule has 0 saturated heterocycles. The van der Waals surface area contributed by atoms with E-state index in [0.717, 1.165) is 58.4 Å². The van der Waals surface area contributed by atoms with Crippen LogP contribution in [0.3, 0.4) is 0 Å². The van der Waals surface area contributed by atoms with Crippen LogP contribution in [0, 0.1) is 0 Å². The molecule has 1 N–H and O–H groups in total. The summed E-state index contributed by atoms with van der Waals surface area (Å²) < 4.78 is 40.4. The fraction of sp³-hybridized carbons (Fsp3) is 0.179. The number of fused-ring (bicyclic) bond motifs is 1. The lowest BCUT2D eigenvalue weighted by Crippen LogP contribution is -2.10. The molecule has 0 amide bonds. The van der Waals surface area contributed by atoms with Crippen molar-refractivity contribution in [1.82, 2.24) is 9.78 Å². The number of aliphatic carboxylic acids is 1. The molecule has 0 unspecified atom stereocenters. The SMILES string of the molecule is O=C(O)C1=CC(=NCc2cccc(-n3ncc4cc(-c5ccc(C(F)(F)F)cc5)ccc43)c2)CCC1. The third-order valence-electron chi connectivity index (χ3n) is 6.23. The summed E-state index contributed by atoms with van der Waals surface area (Å²) in [5.74, 6) is -0.892. The first-order valence-corrected chi connectivity index (χ1v) is 11.5. The van der Waals surface area contributed by atoms with E-state index in [9.17, 15) is 23.1 Å². The zero-order chi connectivity index (χ0) is 25.3. The van der Waals surface area contributed by atoms with E-state index in [1.807, 2.05) is 47.1 Å². The van der Waals surface area contributed by atoms with Gasteiger partial charge >= 0.3 is 12.1 Å². The highest BCUT2D eigenvalue weighted by Crippen LogP contribution is 2.32. The summed E-state index contributed by atoms with van der Waals surface area (Å²) in [5, 5.41) is 14.6. The smallest absolute Gasteiger partial charge is 0.416 e. The number of halogens is 3. The molecular formula is C28H22F3N3O2. The van der Waals surface area contributed by atoms with Crippen molar-refractivity contribution in [2.75, 3.05) is 0 Å². The van der Waals surface area contributed by atoms with Gasteiger partial charge in [-0.3, -0.25) is 4.99 Å². The van der Waals surface area contributed by atoms with Gasteiger partial charge in [-0.05, 0) is 78.4 Å². The average Bonchev–Trinajstić information content (AvgIpc) is 3.31. The summed E-state index contributed by atoms with van der Waals surface area (Å²) in [7, 11) is 0. The van der Waals surface area contributed by atoms with Crippen LogP contribution in [0.5, 0.6) is 0 Å². The van der Waals surface area contributed by atoms with Gasteiger partial charge in [0, 0.05) is 16.7 Å². The zero-order valence-corrected chi connectivity index (χ0v) is 19.2. The highest BCUT2D eigenvalue weighted by molar-refractivity contribution is 6.03. The molecule has 1 aliphatic carbocycles. The second-order valence-electron chi connectivity index (χ2n) is 8.71. The van der Waals surface area contributed by atoms with Crippen molar-refractivity contribution < 1.29 is 23.1 Å². The molecule has 36 heavy (non-hydrogen) atoms. The Labute approximate surface area is 205 Å².